The van der Waals surface area contributed by atoms with Crippen LogP contribution in [0.25, 0.3) is 12.2 Å². The van der Waals surface area contributed by atoms with Crippen molar-refractivity contribution in [1.29, 1.82) is 0 Å². The predicted octanol–water partition coefficient (Wildman–Crippen LogP) is 6.03. The molecule has 0 atom stereocenters. The Hall–Kier alpha value is -2.20. The van der Waals surface area contributed by atoms with Gasteiger partial charge in [-0.25, -0.2) is 0 Å². The first-order valence-corrected chi connectivity index (χ1v) is 9.16. The summed E-state index contributed by atoms with van der Waals surface area (Å²) in [5, 5.41) is 8.28. The minimum Gasteiger partial charge on any atom is -0.421 e. The summed E-state index contributed by atoms with van der Waals surface area (Å²) in [5.41, 5.74) is 4.84. The molecule has 2 aromatic carbocycles. The van der Waals surface area contributed by atoms with Gasteiger partial charge >= 0.3 is 0 Å². The molecule has 0 aliphatic carbocycles. The number of benzene rings is 2. The second-order valence-corrected chi connectivity index (χ2v) is 7.27. The first-order valence-electron chi connectivity index (χ1n) is 8.37. The fourth-order valence-corrected chi connectivity index (χ4v) is 3.10. The molecule has 25 heavy (non-hydrogen) atoms. The van der Waals surface area contributed by atoms with E-state index in [-0.39, 0.29) is 0 Å². The molecule has 0 aliphatic rings. The highest BCUT2D eigenvalue weighted by Crippen LogP contribution is 2.22. The monoisotopic (exact) mass is 396 g/mol. The average molecular weight is 397 g/mol. The summed E-state index contributed by atoms with van der Waals surface area (Å²) in [6.07, 6.45) is 4.54. The van der Waals surface area contributed by atoms with Crippen molar-refractivity contribution in [3.05, 3.63) is 81.0 Å². The number of hydrogen-bond donors (Lipinski definition) is 0. The number of rotatable bonds is 5. The molecule has 3 rings (SSSR count). The van der Waals surface area contributed by atoms with Crippen molar-refractivity contribution < 1.29 is 4.42 Å². The molecule has 0 aliphatic heterocycles. The normalized spacial score (nSPS) is 11.6. The molecular formula is C21H21BrN2O. The van der Waals surface area contributed by atoms with Gasteiger partial charge in [-0.2, -0.15) is 0 Å². The summed E-state index contributed by atoms with van der Waals surface area (Å²) in [4.78, 5) is 0. The predicted molar refractivity (Wildman–Crippen MR) is 105 cm³/mol. The van der Waals surface area contributed by atoms with E-state index in [0.29, 0.717) is 24.1 Å². The van der Waals surface area contributed by atoms with Gasteiger partial charge in [0.25, 0.3) is 0 Å². The van der Waals surface area contributed by atoms with Crippen molar-refractivity contribution in [2.45, 2.75) is 33.1 Å². The lowest BCUT2D eigenvalue weighted by atomic mass is 9.97. The van der Waals surface area contributed by atoms with Gasteiger partial charge in [-0.15, -0.1) is 10.2 Å². The summed E-state index contributed by atoms with van der Waals surface area (Å²) < 4.78 is 6.85. The van der Waals surface area contributed by atoms with Crippen LogP contribution >= 0.6 is 15.9 Å². The summed E-state index contributed by atoms with van der Waals surface area (Å²) in [6.45, 7) is 6.45. The van der Waals surface area contributed by atoms with Crippen LogP contribution in [0.1, 0.15) is 53.8 Å². The largest absolute Gasteiger partial charge is 0.421 e. The number of hydrogen-bond acceptors (Lipinski definition) is 3. The Kier molecular flexibility index (Phi) is 5.49. The molecule has 0 unspecified atom stereocenters. The number of aromatic nitrogens is 2. The van der Waals surface area contributed by atoms with Crippen LogP contribution in [-0.2, 0) is 6.42 Å². The molecule has 0 spiro atoms. The molecule has 1 heterocycles. The Morgan fingerprint density at radius 2 is 1.88 bits per heavy atom. The first kappa shape index (κ1) is 17.6. The first-order chi connectivity index (χ1) is 12.0. The average Bonchev–Trinajstić information content (AvgIpc) is 3.04. The third-order valence-corrected chi connectivity index (χ3v) is 4.95. The van der Waals surface area contributed by atoms with Crippen LogP contribution in [0.3, 0.4) is 0 Å². The minimum atomic E-state index is 0.471. The van der Waals surface area contributed by atoms with E-state index in [1.807, 2.05) is 18.2 Å². The van der Waals surface area contributed by atoms with Crippen LogP contribution in [0.2, 0.25) is 0 Å². The summed E-state index contributed by atoms with van der Waals surface area (Å²) in [7, 11) is 0. The molecule has 3 aromatic rings. The fourth-order valence-electron chi connectivity index (χ4n) is 2.68. The Balaban J connectivity index is 1.74. The van der Waals surface area contributed by atoms with E-state index in [1.54, 1.807) is 0 Å². The zero-order valence-electron chi connectivity index (χ0n) is 14.7. The summed E-state index contributed by atoms with van der Waals surface area (Å²) >= 11 is 3.56. The van der Waals surface area contributed by atoms with E-state index < -0.39 is 0 Å². The third-order valence-electron chi connectivity index (χ3n) is 4.10. The molecule has 4 heteroatoms. The van der Waals surface area contributed by atoms with E-state index >= 15 is 0 Å². The van der Waals surface area contributed by atoms with Gasteiger partial charge < -0.3 is 4.42 Å². The van der Waals surface area contributed by atoms with Crippen molar-refractivity contribution in [2.75, 3.05) is 0 Å². The highest BCUT2D eigenvalue weighted by molar-refractivity contribution is 9.10. The van der Waals surface area contributed by atoms with Gasteiger partial charge in [0.05, 0.1) is 6.42 Å². The van der Waals surface area contributed by atoms with Crippen molar-refractivity contribution >= 4 is 28.1 Å². The van der Waals surface area contributed by atoms with Gasteiger partial charge in [-0.3, -0.25) is 0 Å². The fraction of sp³-hybridized carbons (Fsp3) is 0.238. The number of aryl methyl sites for hydroxylation is 1. The molecule has 0 bridgehead atoms. The van der Waals surface area contributed by atoms with Gasteiger partial charge in [0, 0.05) is 10.5 Å². The van der Waals surface area contributed by atoms with Crippen LogP contribution in [-0.4, -0.2) is 10.2 Å². The van der Waals surface area contributed by atoms with Crippen LogP contribution in [0.4, 0.5) is 0 Å². The highest BCUT2D eigenvalue weighted by Gasteiger charge is 2.07. The molecule has 0 radical (unpaired) electrons. The Morgan fingerprint density at radius 1 is 1.08 bits per heavy atom. The van der Waals surface area contributed by atoms with Crippen LogP contribution in [0.15, 0.2) is 51.4 Å². The quantitative estimate of drug-likeness (QED) is 0.528. The SMILES string of the molecule is Cc1ccc(Cc2nnc(/C=C/c3ccccc3C(C)C)o2)cc1Br. The Morgan fingerprint density at radius 3 is 2.64 bits per heavy atom. The molecular weight excluding hydrogens is 376 g/mol. The second kappa shape index (κ2) is 7.79. The maximum absolute atomic E-state index is 5.76. The third kappa shape index (κ3) is 4.45. The van der Waals surface area contributed by atoms with Gasteiger partial charge in [0.15, 0.2) is 0 Å². The van der Waals surface area contributed by atoms with E-state index in [9.17, 15) is 0 Å². The van der Waals surface area contributed by atoms with Crippen molar-refractivity contribution in [2.24, 2.45) is 0 Å². The van der Waals surface area contributed by atoms with Gasteiger partial charge in [0.2, 0.25) is 11.8 Å². The van der Waals surface area contributed by atoms with Crippen LogP contribution in [0, 0.1) is 6.92 Å². The smallest absolute Gasteiger partial charge is 0.240 e. The topological polar surface area (TPSA) is 38.9 Å². The summed E-state index contributed by atoms with van der Waals surface area (Å²) in [6, 6.07) is 14.6. The minimum absolute atomic E-state index is 0.471. The molecule has 0 saturated carbocycles. The van der Waals surface area contributed by atoms with Gasteiger partial charge in [-0.1, -0.05) is 66.2 Å². The second-order valence-electron chi connectivity index (χ2n) is 6.41. The molecule has 0 fully saturated rings. The number of nitrogens with zero attached hydrogens (tertiary/aromatic N) is 2. The van der Waals surface area contributed by atoms with Crippen LogP contribution < -0.4 is 0 Å². The zero-order valence-corrected chi connectivity index (χ0v) is 16.2. The standard InChI is InChI=1S/C21H21BrN2O/c1-14(2)18-7-5-4-6-17(18)10-11-20-23-24-21(25-20)13-16-9-8-15(3)19(22)12-16/h4-12,14H,13H2,1-3H3/b11-10+. The van der Waals surface area contributed by atoms with Crippen molar-refractivity contribution in [3.63, 3.8) is 0 Å². The Bertz CT molecular complexity index is 896. The maximum Gasteiger partial charge on any atom is 0.240 e. The van der Waals surface area contributed by atoms with Crippen molar-refractivity contribution in [1.82, 2.24) is 10.2 Å². The van der Waals surface area contributed by atoms with Crippen molar-refractivity contribution in [3.8, 4) is 0 Å². The Labute approximate surface area is 156 Å². The lowest BCUT2D eigenvalue weighted by molar-refractivity contribution is 0.496. The molecule has 128 valence electrons. The molecule has 3 nitrogen and oxygen atoms in total. The maximum atomic E-state index is 5.76. The highest BCUT2D eigenvalue weighted by atomic mass is 79.9. The van der Waals surface area contributed by atoms with E-state index in [0.717, 1.165) is 10.0 Å². The van der Waals surface area contributed by atoms with E-state index in [1.165, 1.54) is 16.7 Å². The van der Waals surface area contributed by atoms with E-state index in [4.69, 9.17) is 4.42 Å². The lowest BCUT2D eigenvalue weighted by Gasteiger charge is -2.08. The molecule has 1 aromatic heterocycles. The van der Waals surface area contributed by atoms with Crippen LogP contribution in [0.5, 0.6) is 0 Å². The number of halogens is 1. The molecule has 0 N–H and O–H groups in total. The van der Waals surface area contributed by atoms with E-state index in [2.05, 4.69) is 83.3 Å². The zero-order chi connectivity index (χ0) is 17.8. The molecule has 0 amide bonds. The molecule has 0 saturated heterocycles. The lowest BCUT2D eigenvalue weighted by Crippen LogP contribution is -1.90. The van der Waals surface area contributed by atoms with Gasteiger partial charge in [0.1, 0.15) is 0 Å². The van der Waals surface area contributed by atoms with Gasteiger partial charge in [-0.05, 0) is 47.2 Å². The summed E-state index contributed by atoms with van der Waals surface area (Å²) in [5.74, 6) is 1.62.